The highest BCUT2D eigenvalue weighted by molar-refractivity contribution is 6.83. The van der Waals surface area contributed by atoms with Crippen LogP contribution in [0.1, 0.15) is 12.0 Å². The summed E-state index contributed by atoms with van der Waals surface area (Å²) in [5.74, 6) is 6.35. The third-order valence-corrected chi connectivity index (χ3v) is 4.67. The molecule has 0 aromatic heterocycles. The minimum Gasteiger partial charge on any atom is -0.103 e. The van der Waals surface area contributed by atoms with Crippen LogP contribution in [0.4, 0.5) is 0 Å². The maximum absolute atomic E-state index is 4.12. The molecule has 0 radical (unpaired) electrons. The fraction of sp³-hybridized carbons (Fsp3) is 0.286. The summed E-state index contributed by atoms with van der Waals surface area (Å²) in [6.07, 6.45) is 0.838. The van der Waals surface area contributed by atoms with Gasteiger partial charge in [0.2, 0.25) is 0 Å². The molecule has 1 heteroatoms. The standard InChI is InChI=1S/C14H18Si/c1-13(15(2,3)4)9-8-12-14-10-6-5-7-11-14/h5-7,10-11H,1,9H2,2-4H3. The second kappa shape index (κ2) is 5.00. The molecular weight excluding hydrogens is 196 g/mol. The molecule has 0 bridgehead atoms. The molecule has 0 unspecified atom stereocenters. The molecule has 0 fully saturated rings. The van der Waals surface area contributed by atoms with Crippen LogP contribution in [0.25, 0.3) is 0 Å². The molecular formula is C14H18Si. The van der Waals surface area contributed by atoms with Gasteiger partial charge < -0.3 is 0 Å². The summed E-state index contributed by atoms with van der Waals surface area (Å²) in [4.78, 5) is 0. The van der Waals surface area contributed by atoms with Gasteiger partial charge in [-0.15, -0.1) is 6.58 Å². The van der Waals surface area contributed by atoms with E-state index in [1.165, 1.54) is 5.20 Å². The van der Waals surface area contributed by atoms with Gasteiger partial charge in [-0.2, -0.15) is 0 Å². The van der Waals surface area contributed by atoms with Crippen molar-refractivity contribution in [2.45, 2.75) is 26.1 Å². The summed E-state index contributed by atoms with van der Waals surface area (Å²) in [6.45, 7) is 11.0. The third kappa shape index (κ3) is 4.18. The van der Waals surface area contributed by atoms with Crippen molar-refractivity contribution in [2.75, 3.05) is 0 Å². The van der Waals surface area contributed by atoms with Crippen molar-refractivity contribution in [2.24, 2.45) is 0 Å². The Hall–Kier alpha value is -1.26. The number of rotatable bonds is 2. The van der Waals surface area contributed by atoms with E-state index in [9.17, 15) is 0 Å². The summed E-state index contributed by atoms with van der Waals surface area (Å²) in [6, 6.07) is 10.1. The van der Waals surface area contributed by atoms with Crippen molar-refractivity contribution < 1.29 is 0 Å². The van der Waals surface area contributed by atoms with E-state index in [2.05, 4.69) is 38.1 Å². The van der Waals surface area contributed by atoms with Gasteiger partial charge in [-0.1, -0.05) is 54.9 Å². The van der Waals surface area contributed by atoms with Crippen LogP contribution in [-0.2, 0) is 0 Å². The minimum atomic E-state index is -1.20. The highest BCUT2D eigenvalue weighted by Gasteiger charge is 2.15. The van der Waals surface area contributed by atoms with Crippen LogP contribution in [0.5, 0.6) is 0 Å². The van der Waals surface area contributed by atoms with E-state index in [1.54, 1.807) is 0 Å². The van der Waals surface area contributed by atoms with Crippen LogP contribution in [0.3, 0.4) is 0 Å². The second-order valence-electron chi connectivity index (χ2n) is 4.70. The van der Waals surface area contributed by atoms with Gasteiger partial charge in [0.05, 0.1) is 8.07 Å². The molecule has 1 aromatic carbocycles. The Kier molecular flexibility index (Phi) is 3.93. The third-order valence-electron chi connectivity index (χ3n) is 2.37. The minimum absolute atomic E-state index is 0.838. The summed E-state index contributed by atoms with van der Waals surface area (Å²) >= 11 is 0. The van der Waals surface area contributed by atoms with Crippen molar-refractivity contribution in [3.05, 3.63) is 47.7 Å². The quantitative estimate of drug-likeness (QED) is 0.518. The molecule has 0 aliphatic carbocycles. The largest absolute Gasteiger partial charge is 0.103 e. The van der Waals surface area contributed by atoms with E-state index in [1.807, 2.05) is 30.3 Å². The van der Waals surface area contributed by atoms with E-state index < -0.39 is 8.07 Å². The molecule has 0 nitrogen and oxygen atoms in total. The summed E-state index contributed by atoms with van der Waals surface area (Å²) in [5, 5.41) is 1.32. The molecule has 78 valence electrons. The first kappa shape index (κ1) is 11.8. The molecule has 1 aromatic rings. The zero-order valence-electron chi connectivity index (χ0n) is 9.80. The first-order valence-corrected chi connectivity index (χ1v) is 8.72. The van der Waals surface area contributed by atoms with Crippen molar-refractivity contribution in [1.82, 2.24) is 0 Å². The first-order chi connectivity index (χ1) is 7.00. The molecule has 1 rings (SSSR count). The van der Waals surface area contributed by atoms with E-state index in [0.717, 1.165) is 12.0 Å². The van der Waals surface area contributed by atoms with Crippen LogP contribution in [0.2, 0.25) is 19.6 Å². The van der Waals surface area contributed by atoms with Crippen LogP contribution in [-0.4, -0.2) is 8.07 Å². The Balaban J connectivity index is 2.59. The SMILES string of the molecule is C=C(CC#Cc1ccccc1)[Si](C)(C)C. The van der Waals surface area contributed by atoms with Crippen molar-refractivity contribution >= 4 is 8.07 Å². The predicted molar refractivity (Wildman–Crippen MR) is 70.4 cm³/mol. The molecule has 0 spiro atoms. The van der Waals surface area contributed by atoms with E-state index in [4.69, 9.17) is 0 Å². The molecule has 0 amide bonds. The van der Waals surface area contributed by atoms with Crippen molar-refractivity contribution in [1.29, 1.82) is 0 Å². The average Bonchev–Trinajstić information content (AvgIpc) is 2.18. The summed E-state index contributed by atoms with van der Waals surface area (Å²) in [5.41, 5.74) is 1.08. The lowest BCUT2D eigenvalue weighted by molar-refractivity contribution is 1.37. The van der Waals surface area contributed by atoms with Crippen LogP contribution >= 0.6 is 0 Å². The molecule has 0 saturated carbocycles. The topological polar surface area (TPSA) is 0 Å². The van der Waals surface area contributed by atoms with Gasteiger partial charge in [-0.05, 0) is 12.1 Å². The van der Waals surface area contributed by atoms with Crippen molar-refractivity contribution in [3.8, 4) is 11.8 Å². The summed E-state index contributed by atoms with van der Waals surface area (Å²) < 4.78 is 0. The fourth-order valence-corrected chi connectivity index (χ4v) is 1.66. The average molecular weight is 214 g/mol. The lowest BCUT2D eigenvalue weighted by Crippen LogP contribution is -2.22. The van der Waals surface area contributed by atoms with Gasteiger partial charge >= 0.3 is 0 Å². The first-order valence-electron chi connectivity index (χ1n) is 5.22. The zero-order valence-corrected chi connectivity index (χ0v) is 10.8. The Labute approximate surface area is 94.0 Å². The van der Waals surface area contributed by atoms with E-state index in [0.29, 0.717) is 0 Å². The molecule has 0 saturated heterocycles. The van der Waals surface area contributed by atoms with Crippen LogP contribution < -0.4 is 0 Å². The lowest BCUT2D eigenvalue weighted by atomic mass is 10.2. The van der Waals surface area contributed by atoms with Crippen LogP contribution in [0.15, 0.2) is 42.1 Å². The van der Waals surface area contributed by atoms with E-state index >= 15 is 0 Å². The highest BCUT2D eigenvalue weighted by Crippen LogP contribution is 2.14. The second-order valence-corrected chi connectivity index (χ2v) is 9.91. The van der Waals surface area contributed by atoms with E-state index in [-0.39, 0.29) is 0 Å². The molecule has 15 heavy (non-hydrogen) atoms. The molecule has 0 heterocycles. The normalized spacial score (nSPS) is 10.3. The summed E-state index contributed by atoms with van der Waals surface area (Å²) in [7, 11) is -1.20. The Morgan fingerprint density at radius 1 is 1.20 bits per heavy atom. The van der Waals surface area contributed by atoms with Gasteiger partial charge in [-0.25, -0.2) is 0 Å². The van der Waals surface area contributed by atoms with Gasteiger partial charge in [0.25, 0.3) is 0 Å². The molecule has 0 atom stereocenters. The number of hydrogen-bond donors (Lipinski definition) is 0. The highest BCUT2D eigenvalue weighted by atomic mass is 28.3. The zero-order chi connectivity index (χ0) is 11.3. The lowest BCUT2D eigenvalue weighted by Gasteiger charge is -2.16. The number of benzene rings is 1. The Morgan fingerprint density at radius 2 is 1.80 bits per heavy atom. The number of hydrogen-bond acceptors (Lipinski definition) is 0. The number of allylic oxidation sites excluding steroid dienone is 1. The van der Waals surface area contributed by atoms with Gasteiger partial charge in [0.1, 0.15) is 0 Å². The fourth-order valence-electron chi connectivity index (χ4n) is 1.04. The maximum atomic E-state index is 4.12. The maximum Gasteiger partial charge on any atom is 0.0729 e. The monoisotopic (exact) mass is 214 g/mol. The van der Waals surface area contributed by atoms with Crippen molar-refractivity contribution in [3.63, 3.8) is 0 Å². The van der Waals surface area contributed by atoms with Gasteiger partial charge in [0.15, 0.2) is 0 Å². The molecule has 0 aliphatic heterocycles. The molecule has 0 aliphatic rings. The van der Waals surface area contributed by atoms with Crippen LogP contribution in [0, 0.1) is 11.8 Å². The molecule has 0 N–H and O–H groups in total. The van der Waals surface area contributed by atoms with Gasteiger partial charge in [0, 0.05) is 12.0 Å². The smallest absolute Gasteiger partial charge is 0.0729 e. The Morgan fingerprint density at radius 3 is 2.33 bits per heavy atom. The van der Waals surface area contributed by atoms with Gasteiger partial charge in [-0.3, -0.25) is 0 Å². The Bertz CT molecular complexity index is 385. The predicted octanol–water partition coefficient (Wildman–Crippen LogP) is 3.86.